The van der Waals surface area contributed by atoms with Gasteiger partial charge < -0.3 is 4.90 Å². The summed E-state index contributed by atoms with van der Waals surface area (Å²) in [4.78, 5) is 11.5. The highest BCUT2D eigenvalue weighted by atomic mass is 32.1. The summed E-state index contributed by atoms with van der Waals surface area (Å²) < 4.78 is 23.1. The molecule has 0 aliphatic carbocycles. The smallest absolute Gasteiger partial charge is 0.255 e. The summed E-state index contributed by atoms with van der Waals surface area (Å²) in [5.41, 5.74) is 0. The summed E-state index contributed by atoms with van der Waals surface area (Å²) in [6.45, 7) is -0.514. The molecule has 2 nitrogen and oxygen atoms in total. The first-order chi connectivity index (χ1) is 4.57. The molecule has 0 saturated carbocycles. The molecule has 1 amide bonds. The third-order valence-corrected chi connectivity index (χ3v) is 1.24. The Balaban J connectivity index is 3.61. The first kappa shape index (κ1) is 9.68. The van der Waals surface area contributed by atoms with Gasteiger partial charge >= 0.3 is 0 Å². The van der Waals surface area contributed by atoms with Gasteiger partial charge in [-0.05, 0) is 0 Å². The fraction of sp³-hybridized carbons (Fsp3) is 0.800. The second kappa shape index (κ2) is 4.49. The third-order valence-electron chi connectivity index (χ3n) is 0.973. The molecule has 10 heavy (non-hydrogen) atoms. The second-order valence-corrected chi connectivity index (χ2v) is 2.14. The molecule has 0 fully saturated rings. The van der Waals surface area contributed by atoms with Crippen LogP contribution in [0.1, 0.15) is 0 Å². The molecule has 5 heteroatoms. The van der Waals surface area contributed by atoms with E-state index in [1.165, 1.54) is 7.05 Å². The molecular weight excluding hydrogens is 160 g/mol. The molecule has 0 atom stereocenters. The molecule has 0 aromatic heterocycles. The predicted molar refractivity (Wildman–Crippen MR) is 37.5 cm³/mol. The monoisotopic (exact) mass is 169 g/mol. The zero-order valence-electron chi connectivity index (χ0n) is 5.55. The molecule has 60 valence electrons. The van der Waals surface area contributed by atoms with Gasteiger partial charge in [-0.1, -0.05) is 0 Å². The van der Waals surface area contributed by atoms with Crippen LogP contribution in [-0.4, -0.2) is 36.6 Å². The first-order valence-electron chi connectivity index (χ1n) is 2.71. The van der Waals surface area contributed by atoms with E-state index in [1.54, 1.807) is 0 Å². The minimum absolute atomic E-state index is 0.0246. The number of carbonyl (C=O) groups excluding carboxylic acids is 1. The Morgan fingerprint density at radius 1 is 1.70 bits per heavy atom. The minimum Gasteiger partial charge on any atom is -0.339 e. The van der Waals surface area contributed by atoms with Crippen molar-refractivity contribution in [1.82, 2.24) is 4.90 Å². The topological polar surface area (TPSA) is 20.3 Å². The number of halogens is 2. The minimum atomic E-state index is -2.46. The van der Waals surface area contributed by atoms with E-state index in [1.807, 2.05) is 0 Å². The Labute approximate surface area is 63.6 Å². The first-order valence-corrected chi connectivity index (χ1v) is 3.34. The number of thiol groups is 1. The largest absolute Gasteiger partial charge is 0.339 e. The van der Waals surface area contributed by atoms with Crippen LogP contribution in [-0.2, 0) is 4.79 Å². The number of alkyl halides is 2. The zero-order chi connectivity index (χ0) is 8.15. The van der Waals surface area contributed by atoms with Gasteiger partial charge in [0.15, 0.2) is 0 Å². The van der Waals surface area contributed by atoms with Crippen molar-refractivity contribution < 1.29 is 13.6 Å². The van der Waals surface area contributed by atoms with Crippen molar-refractivity contribution >= 4 is 18.5 Å². The van der Waals surface area contributed by atoms with Crippen LogP contribution in [0.2, 0.25) is 0 Å². The Bertz CT molecular complexity index is 120. The summed E-state index contributed by atoms with van der Waals surface area (Å²) in [5, 5.41) is 0. The summed E-state index contributed by atoms with van der Waals surface area (Å²) >= 11 is 3.64. The standard InChI is InChI=1S/C5H9F2NOS/c1-8(2-4(6)7)5(9)3-10/h4,10H,2-3H2,1H3. The summed E-state index contributed by atoms with van der Waals surface area (Å²) in [6, 6.07) is 0. The number of hydrogen-bond donors (Lipinski definition) is 1. The van der Waals surface area contributed by atoms with Crippen molar-refractivity contribution in [3.63, 3.8) is 0 Å². The van der Waals surface area contributed by atoms with Crippen molar-refractivity contribution in [2.24, 2.45) is 0 Å². The van der Waals surface area contributed by atoms with Gasteiger partial charge in [0.1, 0.15) is 0 Å². The van der Waals surface area contributed by atoms with E-state index in [0.717, 1.165) is 4.90 Å². The highest BCUT2D eigenvalue weighted by Gasteiger charge is 2.11. The second-order valence-electron chi connectivity index (χ2n) is 1.82. The molecule has 0 aromatic rings. The molecule has 0 bridgehead atoms. The molecule has 0 rings (SSSR count). The van der Waals surface area contributed by atoms with Crippen LogP contribution in [0.3, 0.4) is 0 Å². The van der Waals surface area contributed by atoms with Crippen LogP contribution in [0.4, 0.5) is 8.78 Å². The molecule has 0 radical (unpaired) electrons. The SMILES string of the molecule is CN(CC(F)F)C(=O)CS. The number of hydrogen-bond acceptors (Lipinski definition) is 2. The number of amides is 1. The quantitative estimate of drug-likeness (QED) is 0.615. The number of rotatable bonds is 3. The van der Waals surface area contributed by atoms with Crippen LogP contribution in [0.15, 0.2) is 0 Å². The number of carbonyl (C=O) groups is 1. The van der Waals surface area contributed by atoms with Crippen LogP contribution in [0, 0.1) is 0 Å². The highest BCUT2D eigenvalue weighted by Crippen LogP contribution is 1.96. The lowest BCUT2D eigenvalue weighted by Gasteiger charge is -2.14. The van der Waals surface area contributed by atoms with Crippen LogP contribution < -0.4 is 0 Å². The third kappa shape index (κ3) is 3.66. The lowest BCUT2D eigenvalue weighted by Crippen LogP contribution is -2.32. The van der Waals surface area contributed by atoms with Gasteiger partial charge in [0, 0.05) is 7.05 Å². The molecule has 0 N–H and O–H groups in total. The Hall–Kier alpha value is -0.320. The summed E-state index contributed by atoms with van der Waals surface area (Å²) in [6.07, 6.45) is -2.46. The average molecular weight is 169 g/mol. The van der Waals surface area contributed by atoms with Crippen molar-refractivity contribution in [1.29, 1.82) is 0 Å². The van der Waals surface area contributed by atoms with E-state index in [9.17, 15) is 13.6 Å². The van der Waals surface area contributed by atoms with E-state index < -0.39 is 13.0 Å². The van der Waals surface area contributed by atoms with Gasteiger partial charge in [-0.3, -0.25) is 4.79 Å². The maximum Gasteiger partial charge on any atom is 0.255 e. The Kier molecular flexibility index (Phi) is 4.34. The number of nitrogens with zero attached hydrogens (tertiary/aromatic N) is 1. The van der Waals surface area contributed by atoms with Gasteiger partial charge in [0.2, 0.25) is 5.91 Å². The molecule has 0 spiro atoms. The Morgan fingerprint density at radius 2 is 2.20 bits per heavy atom. The lowest BCUT2D eigenvalue weighted by molar-refractivity contribution is -0.128. The van der Waals surface area contributed by atoms with E-state index in [-0.39, 0.29) is 11.7 Å². The average Bonchev–Trinajstić information content (AvgIpc) is 1.85. The highest BCUT2D eigenvalue weighted by molar-refractivity contribution is 7.81. The molecule has 0 saturated heterocycles. The van der Waals surface area contributed by atoms with Gasteiger partial charge in [0.05, 0.1) is 12.3 Å². The van der Waals surface area contributed by atoms with E-state index in [2.05, 4.69) is 12.6 Å². The Morgan fingerprint density at radius 3 is 2.50 bits per heavy atom. The maximum absolute atomic E-state index is 11.6. The molecular formula is C5H9F2NOS. The molecule has 0 aromatic carbocycles. The van der Waals surface area contributed by atoms with Gasteiger partial charge in [-0.2, -0.15) is 12.6 Å². The van der Waals surface area contributed by atoms with Crippen molar-refractivity contribution in [3.05, 3.63) is 0 Å². The molecule has 0 heterocycles. The van der Waals surface area contributed by atoms with Crippen LogP contribution in [0.5, 0.6) is 0 Å². The molecule has 0 unspecified atom stereocenters. The summed E-state index contributed by atoms with van der Waals surface area (Å²) in [7, 11) is 1.32. The normalized spacial score (nSPS) is 10.1. The van der Waals surface area contributed by atoms with Gasteiger partial charge in [-0.15, -0.1) is 0 Å². The zero-order valence-corrected chi connectivity index (χ0v) is 6.44. The van der Waals surface area contributed by atoms with E-state index >= 15 is 0 Å². The van der Waals surface area contributed by atoms with Gasteiger partial charge in [0.25, 0.3) is 6.43 Å². The van der Waals surface area contributed by atoms with Crippen molar-refractivity contribution in [2.75, 3.05) is 19.3 Å². The predicted octanol–water partition coefficient (Wildman–Crippen LogP) is 0.640. The summed E-state index contributed by atoms with van der Waals surface area (Å²) in [5.74, 6) is -0.410. The molecule has 0 aliphatic heterocycles. The van der Waals surface area contributed by atoms with Crippen molar-refractivity contribution in [2.45, 2.75) is 6.43 Å². The van der Waals surface area contributed by atoms with Crippen LogP contribution >= 0.6 is 12.6 Å². The van der Waals surface area contributed by atoms with Crippen molar-refractivity contribution in [3.8, 4) is 0 Å². The molecule has 0 aliphatic rings. The van der Waals surface area contributed by atoms with E-state index in [0.29, 0.717) is 0 Å². The van der Waals surface area contributed by atoms with Gasteiger partial charge in [-0.25, -0.2) is 8.78 Å². The fourth-order valence-electron chi connectivity index (χ4n) is 0.430. The van der Waals surface area contributed by atoms with E-state index in [4.69, 9.17) is 0 Å². The lowest BCUT2D eigenvalue weighted by atomic mass is 10.5. The van der Waals surface area contributed by atoms with Crippen LogP contribution in [0.25, 0.3) is 0 Å². The fourth-order valence-corrected chi connectivity index (χ4v) is 0.671. The maximum atomic E-state index is 11.6.